The summed E-state index contributed by atoms with van der Waals surface area (Å²) in [6, 6.07) is 20.1. The number of hydrogen-bond donors (Lipinski definition) is 2. The van der Waals surface area contributed by atoms with Gasteiger partial charge in [-0.3, -0.25) is 15.1 Å². The van der Waals surface area contributed by atoms with Crippen LogP contribution in [0.4, 0.5) is 10.5 Å². The molecule has 0 unspecified atom stereocenters. The fraction of sp³-hybridized carbons (Fsp3) is 0.0435. The average Bonchev–Trinajstić information content (AvgIpc) is 2.76. The lowest BCUT2D eigenvalue weighted by molar-refractivity contribution is 0.210. The number of nitrogens with zero attached hydrogens (tertiary/aromatic N) is 3. The molecule has 0 spiro atoms. The Kier molecular flexibility index (Phi) is 5.34. The van der Waals surface area contributed by atoms with Crippen molar-refractivity contribution in [2.45, 2.75) is 6.42 Å². The van der Waals surface area contributed by atoms with Gasteiger partial charge in [-0.15, -0.1) is 0 Å². The molecular formula is C23H18N4O3. The fourth-order valence-corrected chi connectivity index (χ4v) is 3.14. The van der Waals surface area contributed by atoms with Crippen molar-refractivity contribution in [3.05, 3.63) is 107 Å². The van der Waals surface area contributed by atoms with Crippen LogP contribution in [0.2, 0.25) is 0 Å². The van der Waals surface area contributed by atoms with Crippen molar-refractivity contribution in [3.63, 3.8) is 0 Å². The predicted molar refractivity (Wildman–Crippen MR) is 114 cm³/mol. The maximum atomic E-state index is 12.3. The van der Waals surface area contributed by atoms with Crippen molar-refractivity contribution in [3.8, 4) is 16.8 Å². The molecule has 30 heavy (non-hydrogen) atoms. The van der Waals surface area contributed by atoms with E-state index in [9.17, 15) is 9.59 Å². The molecule has 2 aromatic heterocycles. The van der Waals surface area contributed by atoms with Crippen LogP contribution in [-0.2, 0) is 6.42 Å². The van der Waals surface area contributed by atoms with E-state index in [4.69, 9.17) is 5.11 Å². The summed E-state index contributed by atoms with van der Waals surface area (Å²) in [7, 11) is 0. The molecule has 0 atom stereocenters. The lowest BCUT2D eigenvalue weighted by Crippen LogP contribution is -2.16. The van der Waals surface area contributed by atoms with Crippen molar-refractivity contribution >= 4 is 11.8 Å². The van der Waals surface area contributed by atoms with Gasteiger partial charge in [0, 0.05) is 36.8 Å². The number of amides is 1. The molecule has 148 valence electrons. The molecule has 4 rings (SSSR count). The van der Waals surface area contributed by atoms with Crippen LogP contribution in [0.1, 0.15) is 11.3 Å². The smallest absolute Gasteiger partial charge is 0.409 e. The third-order valence-electron chi connectivity index (χ3n) is 4.58. The molecule has 0 radical (unpaired) electrons. The van der Waals surface area contributed by atoms with Gasteiger partial charge in [0.1, 0.15) is 5.69 Å². The lowest BCUT2D eigenvalue weighted by atomic mass is 10.1. The van der Waals surface area contributed by atoms with Crippen LogP contribution in [0.5, 0.6) is 0 Å². The van der Waals surface area contributed by atoms with Crippen LogP contribution in [-0.4, -0.2) is 26.0 Å². The van der Waals surface area contributed by atoms with E-state index in [0.717, 1.165) is 22.4 Å². The van der Waals surface area contributed by atoms with Crippen LogP contribution in [0.3, 0.4) is 0 Å². The molecule has 7 heteroatoms. The largest absolute Gasteiger partial charge is 0.465 e. The standard InChI is InChI=1S/C23H18N4O3/c28-22-10-13-27(20-6-4-17(5-7-20)18-8-11-24-12-9-18)26-21(22)15-16-2-1-3-19(14-16)25-23(29)30/h1-14,25H,15H2,(H,29,30). The third-order valence-corrected chi connectivity index (χ3v) is 4.58. The van der Waals surface area contributed by atoms with Crippen LogP contribution < -0.4 is 10.7 Å². The molecule has 2 aromatic carbocycles. The van der Waals surface area contributed by atoms with E-state index in [1.165, 1.54) is 6.07 Å². The highest BCUT2D eigenvalue weighted by Crippen LogP contribution is 2.20. The lowest BCUT2D eigenvalue weighted by Gasteiger charge is -2.09. The number of rotatable bonds is 5. The van der Waals surface area contributed by atoms with Crippen molar-refractivity contribution in [1.82, 2.24) is 14.8 Å². The van der Waals surface area contributed by atoms with Crippen molar-refractivity contribution < 1.29 is 9.90 Å². The maximum absolute atomic E-state index is 12.3. The Labute approximate surface area is 172 Å². The first-order chi connectivity index (χ1) is 14.6. The molecule has 0 bridgehead atoms. The highest BCUT2D eigenvalue weighted by atomic mass is 16.4. The second-order valence-electron chi connectivity index (χ2n) is 6.66. The number of carboxylic acid groups (broad SMARTS) is 1. The van der Waals surface area contributed by atoms with E-state index in [0.29, 0.717) is 17.8 Å². The second kappa shape index (κ2) is 8.40. The highest BCUT2D eigenvalue weighted by Gasteiger charge is 2.07. The number of pyridine rings is 1. The third kappa shape index (κ3) is 4.41. The summed E-state index contributed by atoms with van der Waals surface area (Å²) < 4.78 is 1.66. The van der Waals surface area contributed by atoms with E-state index in [-0.39, 0.29) is 5.43 Å². The quantitative estimate of drug-likeness (QED) is 0.530. The first kappa shape index (κ1) is 19.1. The molecule has 0 saturated heterocycles. The summed E-state index contributed by atoms with van der Waals surface area (Å²) in [6.07, 6.45) is 4.29. The van der Waals surface area contributed by atoms with Crippen LogP contribution in [0.15, 0.2) is 90.1 Å². The Morgan fingerprint density at radius 2 is 1.70 bits per heavy atom. The zero-order chi connectivity index (χ0) is 20.9. The van der Waals surface area contributed by atoms with Gasteiger partial charge in [0.2, 0.25) is 5.43 Å². The van der Waals surface area contributed by atoms with Crippen molar-refractivity contribution in [2.24, 2.45) is 0 Å². The summed E-state index contributed by atoms with van der Waals surface area (Å²) in [6.45, 7) is 0. The molecule has 0 saturated carbocycles. The van der Waals surface area contributed by atoms with Gasteiger partial charge in [-0.05, 0) is 53.1 Å². The molecule has 4 aromatic rings. The maximum Gasteiger partial charge on any atom is 0.409 e. The topological polar surface area (TPSA) is 97.1 Å². The molecule has 0 aliphatic carbocycles. The van der Waals surface area contributed by atoms with Gasteiger partial charge in [0.25, 0.3) is 0 Å². The van der Waals surface area contributed by atoms with Crippen LogP contribution in [0, 0.1) is 0 Å². The van der Waals surface area contributed by atoms with Crippen molar-refractivity contribution in [1.29, 1.82) is 0 Å². The Morgan fingerprint density at radius 3 is 2.43 bits per heavy atom. The number of benzene rings is 2. The van der Waals surface area contributed by atoms with Crippen LogP contribution >= 0.6 is 0 Å². The summed E-state index contributed by atoms with van der Waals surface area (Å²) >= 11 is 0. The molecule has 2 N–H and O–H groups in total. The Balaban J connectivity index is 1.59. The SMILES string of the molecule is O=C(O)Nc1cccc(Cc2nn(-c3ccc(-c4ccncc4)cc3)ccc2=O)c1. The minimum absolute atomic E-state index is 0.170. The van der Waals surface area contributed by atoms with Gasteiger partial charge in [0.15, 0.2) is 0 Å². The van der Waals surface area contributed by atoms with Gasteiger partial charge in [0.05, 0.1) is 5.69 Å². The number of hydrogen-bond acceptors (Lipinski definition) is 4. The van der Waals surface area contributed by atoms with E-state index >= 15 is 0 Å². The van der Waals surface area contributed by atoms with Gasteiger partial charge < -0.3 is 5.11 Å². The second-order valence-corrected chi connectivity index (χ2v) is 6.66. The molecule has 0 aliphatic heterocycles. The molecule has 1 amide bonds. The number of anilines is 1. The summed E-state index contributed by atoms with van der Waals surface area (Å²) in [5.41, 5.74) is 4.40. The normalized spacial score (nSPS) is 10.5. The van der Waals surface area contributed by atoms with Crippen LogP contribution in [0.25, 0.3) is 16.8 Å². The predicted octanol–water partition coefficient (Wildman–Crippen LogP) is 3.98. The minimum atomic E-state index is -1.14. The van der Waals surface area contributed by atoms with Gasteiger partial charge >= 0.3 is 6.09 Å². The monoisotopic (exact) mass is 398 g/mol. The zero-order valence-electron chi connectivity index (χ0n) is 15.9. The fourth-order valence-electron chi connectivity index (χ4n) is 3.14. The molecular weight excluding hydrogens is 380 g/mol. The van der Waals surface area contributed by atoms with Gasteiger partial charge in [-0.25, -0.2) is 9.48 Å². The first-order valence-electron chi connectivity index (χ1n) is 9.27. The number of nitrogens with one attached hydrogen (secondary N) is 1. The van der Waals surface area contributed by atoms with E-state index in [2.05, 4.69) is 15.4 Å². The average molecular weight is 398 g/mol. The van der Waals surface area contributed by atoms with E-state index < -0.39 is 6.09 Å². The first-order valence-corrected chi connectivity index (χ1v) is 9.27. The molecule has 7 nitrogen and oxygen atoms in total. The molecule has 0 fully saturated rings. The zero-order valence-corrected chi connectivity index (χ0v) is 15.9. The number of carbonyl (C=O) groups is 1. The van der Waals surface area contributed by atoms with Gasteiger partial charge in [-0.1, -0.05) is 24.3 Å². The summed E-state index contributed by atoms with van der Waals surface area (Å²) in [5, 5.41) is 15.7. The van der Waals surface area contributed by atoms with Gasteiger partial charge in [-0.2, -0.15) is 5.10 Å². The molecule has 0 aliphatic rings. The van der Waals surface area contributed by atoms with Crippen molar-refractivity contribution in [2.75, 3.05) is 5.32 Å². The van der Waals surface area contributed by atoms with E-state index in [1.807, 2.05) is 42.5 Å². The highest BCUT2D eigenvalue weighted by molar-refractivity contribution is 5.82. The summed E-state index contributed by atoms with van der Waals surface area (Å²) in [5.74, 6) is 0. The molecule has 2 heterocycles. The Morgan fingerprint density at radius 1 is 0.967 bits per heavy atom. The summed E-state index contributed by atoms with van der Waals surface area (Å²) in [4.78, 5) is 27.2. The Hall–Kier alpha value is -4.26. The van der Waals surface area contributed by atoms with E-state index in [1.54, 1.807) is 41.5 Å². The number of aromatic nitrogens is 3. The Bertz CT molecular complexity index is 1240. The minimum Gasteiger partial charge on any atom is -0.465 e.